The van der Waals surface area contributed by atoms with Crippen LogP contribution in [-0.4, -0.2) is 25.8 Å². The van der Waals surface area contributed by atoms with Gasteiger partial charge in [-0.1, -0.05) is 0 Å². The number of pyridine rings is 1. The number of carboxylic acid groups (broad SMARTS) is 1. The van der Waals surface area contributed by atoms with E-state index in [-0.39, 0.29) is 11.4 Å². The molecule has 0 radical (unpaired) electrons. The third-order valence-electron chi connectivity index (χ3n) is 2.28. The molecule has 2 aromatic rings. The summed E-state index contributed by atoms with van der Waals surface area (Å²) in [5.41, 5.74) is 7.28. The van der Waals surface area contributed by atoms with Gasteiger partial charge < -0.3 is 10.8 Å². The van der Waals surface area contributed by atoms with Crippen molar-refractivity contribution in [1.29, 1.82) is 0 Å². The van der Waals surface area contributed by atoms with Crippen LogP contribution >= 0.6 is 0 Å². The summed E-state index contributed by atoms with van der Waals surface area (Å²) in [6.07, 6.45) is 4.46. The van der Waals surface area contributed by atoms with E-state index in [1.807, 2.05) is 6.92 Å². The number of nitrogen functional groups attached to an aromatic ring is 1. The van der Waals surface area contributed by atoms with Crippen LogP contribution in [0.1, 0.15) is 15.9 Å². The van der Waals surface area contributed by atoms with E-state index in [0.717, 1.165) is 5.56 Å². The second-order valence-electron chi connectivity index (χ2n) is 3.32. The van der Waals surface area contributed by atoms with Crippen LogP contribution in [0.15, 0.2) is 24.7 Å². The van der Waals surface area contributed by atoms with Crippen molar-refractivity contribution in [2.24, 2.45) is 0 Å². The highest BCUT2D eigenvalue weighted by Gasteiger charge is 2.15. The van der Waals surface area contributed by atoms with Crippen molar-refractivity contribution >= 4 is 11.8 Å². The molecule has 0 aliphatic carbocycles. The maximum Gasteiger partial charge on any atom is 0.341 e. The lowest BCUT2D eigenvalue weighted by molar-refractivity contribution is 0.0698. The van der Waals surface area contributed by atoms with Crippen LogP contribution in [0.5, 0.6) is 0 Å². The van der Waals surface area contributed by atoms with Crippen molar-refractivity contribution in [2.45, 2.75) is 6.92 Å². The number of hydrogen-bond donors (Lipinski definition) is 2. The third kappa shape index (κ3) is 1.50. The smallest absolute Gasteiger partial charge is 0.341 e. The van der Waals surface area contributed by atoms with Gasteiger partial charge in [0.25, 0.3) is 0 Å². The Labute approximate surface area is 91.3 Å². The summed E-state index contributed by atoms with van der Waals surface area (Å²) in [5, 5.41) is 12.8. The average Bonchev–Trinajstić information content (AvgIpc) is 2.61. The Morgan fingerprint density at radius 1 is 1.50 bits per heavy atom. The molecule has 0 unspecified atom stereocenters. The first-order valence-electron chi connectivity index (χ1n) is 4.59. The largest absolute Gasteiger partial charge is 0.477 e. The molecule has 2 rings (SSSR count). The van der Waals surface area contributed by atoms with E-state index in [2.05, 4.69) is 10.1 Å². The Hall–Kier alpha value is -2.37. The molecule has 2 heterocycles. The van der Waals surface area contributed by atoms with Crippen molar-refractivity contribution in [3.63, 3.8) is 0 Å². The quantitative estimate of drug-likeness (QED) is 0.779. The topological polar surface area (TPSA) is 94.0 Å². The Morgan fingerprint density at radius 3 is 2.81 bits per heavy atom. The molecule has 0 atom stereocenters. The molecule has 0 fully saturated rings. The van der Waals surface area contributed by atoms with Gasteiger partial charge in [0, 0.05) is 6.20 Å². The number of nitrogens with two attached hydrogens (primary N) is 1. The molecule has 0 saturated heterocycles. The minimum atomic E-state index is -1.09. The van der Waals surface area contributed by atoms with Crippen molar-refractivity contribution in [3.8, 4) is 5.69 Å². The van der Waals surface area contributed by atoms with E-state index >= 15 is 0 Å². The number of hydrogen-bond acceptors (Lipinski definition) is 4. The molecule has 82 valence electrons. The van der Waals surface area contributed by atoms with Gasteiger partial charge in [0.05, 0.1) is 18.1 Å². The molecule has 0 amide bonds. The van der Waals surface area contributed by atoms with Gasteiger partial charge in [-0.05, 0) is 18.6 Å². The Morgan fingerprint density at radius 2 is 2.25 bits per heavy atom. The first-order chi connectivity index (χ1) is 7.61. The van der Waals surface area contributed by atoms with Crippen LogP contribution in [0.25, 0.3) is 5.69 Å². The van der Waals surface area contributed by atoms with Gasteiger partial charge in [0.1, 0.15) is 11.4 Å². The molecule has 6 nitrogen and oxygen atoms in total. The normalized spacial score (nSPS) is 10.3. The van der Waals surface area contributed by atoms with Gasteiger partial charge in [-0.15, -0.1) is 0 Å². The highest BCUT2D eigenvalue weighted by atomic mass is 16.4. The predicted octanol–water partition coefficient (Wildman–Crippen LogP) is 0.856. The van der Waals surface area contributed by atoms with E-state index in [9.17, 15) is 4.79 Å². The maximum absolute atomic E-state index is 10.8. The number of nitrogens with zero attached hydrogens (tertiary/aromatic N) is 3. The molecule has 0 aromatic carbocycles. The summed E-state index contributed by atoms with van der Waals surface area (Å²) in [5.74, 6) is -0.992. The molecule has 0 spiro atoms. The second kappa shape index (κ2) is 3.65. The van der Waals surface area contributed by atoms with Crippen LogP contribution in [0, 0.1) is 6.92 Å². The van der Waals surface area contributed by atoms with Crippen molar-refractivity contribution < 1.29 is 9.90 Å². The lowest BCUT2D eigenvalue weighted by Gasteiger charge is -2.06. The second-order valence-corrected chi connectivity index (χ2v) is 3.32. The summed E-state index contributed by atoms with van der Waals surface area (Å²) in [6, 6.07) is 1.80. The van der Waals surface area contributed by atoms with Crippen molar-refractivity contribution in [1.82, 2.24) is 14.8 Å². The van der Waals surface area contributed by atoms with E-state index < -0.39 is 5.97 Å². The van der Waals surface area contributed by atoms with Gasteiger partial charge in [-0.25, -0.2) is 9.48 Å². The van der Waals surface area contributed by atoms with E-state index in [4.69, 9.17) is 10.8 Å². The van der Waals surface area contributed by atoms with E-state index in [1.165, 1.54) is 10.9 Å². The SMILES string of the molecule is Cc1ccncc1-n1ncc(C(=O)O)c1N. The Bertz CT molecular complexity index is 548. The number of carbonyl (C=O) groups is 1. The van der Waals surface area contributed by atoms with Crippen LogP contribution in [-0.2, 0) is 0 Å². The average molecular weight is 218 g/mol. The lowest BCUT2D eigenvalue weighted by atomic mass is 10.2. The zero-order valence-corrected chi connectivity index (χ0v) is 8.58. The van der Waals surface area contributed by atoms with E-state index in [1.54, 1.807) is 18.5 Å². The lowest BCUT2D eigenvalue weighted by Crippen LogP contribution is -2.07. The highest BCUT2D eigenvalue weighted by molar-refractivity contribution is 5.92. The highest BCUT2D eigenvalue weighted by Crippen LogP contribution is 2.18. The van der Waals surface area contributed by atoms with Crippen LogP contribution < -0.4 is 5.73 Å². The summed E-state index contributed by atoms with van der Waals surface area (Å²) in [7, 11) is 0. The fourth-order valence-electron chi connectivity index (χ4n) is 1.39. The number of aromatic carboxylic acids is 1. The number of rotatable bonds is 2. The zero-order valence-electron chi connectivity index (χ0n) is 8.58. The fraction of sp³-hybridized carbons (Fsp3) is 0.100. The Kier molecular flexibility index (Phi) is 2.32. The maximum atomic E-state index is 10.8. The number of aryl methyl sites for hydroxylation is 1. The number of anilines is 1. The number of aromatic nitrogens is 3. The summed E-state index contributed by atoms with van der Waals surface area (Å²) < 4.78 is 1.37. The molecule has 2 aromatic heterocycles. The van der Waals surface area contributed by atoms with Gasteiger partial charge in [0.15, 0.2) is 0 Å². The molecule has 0 aliphatic heterocycles. The van der Waals surface area contributed by atoms with Crippen molar-refractivity contribution in [3.05, 3.63) is 35.8 Å². The van der Waals surface area contributed by atoms with Gasteiger partial charge in [0.2, 0.25) is 0 Å². The molecule has 0 saturated carbocycles. The summed E-state index contributed by atoms with van der Waals surface area (Å²) in [6.45, 7) is 1.87. The molecule has 0 aliphatic rings. The monoisotopic (exact) mass is 218 g/mol. The van der Waals surface area contributed by atoms with Crippen LogP contribution in [0.2, 0.25) is 0 Å². The zero-order chi connectivity index (χ0) is 11.7. The number of carboxylic acids is 1. The van der Waals surface area contributed by atoms with Gasteiger partial charge >= 0.3 is 5.97 Å². The van der Waals surface area contributed by atoms with Crippen LogP contribution in [0.3, 0.4) is 0 Å². The molecule has 16 heavy (non-hydrogen) atoms. The van der Waals surface area contributed by atoms with Crippen LogP contribution in [0.4, 0.5) is 5.82 Å². The fourth-order valence-corrected chi connectivity index (χ4v) is 1.39. The first kappa shape index (κ1) is 10.2. The molecule has 0 bridgehead atoms. The Balaban J connectivity index is 2.58. The molecule has 6 heteroatoms. The predicted molar refractivity (Wildman–Crippen MR) is 57.5 cm³/mol. The van der Waals surface area contributed by atoms with Crippen molar-refractivity contribution in [2.75, 3.05) is 5.73 Å². The standard InChI is InChI=1S/C10H10N4O2/c1-6-2-3-12-5-8(6)14-9(11)7(4-13-14)10(15)16/h2-5H,11H2,1H3,(H,15,16). The summed E-state index contributed by atoms with van der Waals surface area (Å²) >= 11 is 0. The minimum absolute atomic E-state index is 0.0109. The minimum Gasteiger partial charge on any atom is -0.477 e. The van der Waals surface area contributed by atoms with Gasteiger partial charge in [-0.2, -0.15) is 5.10 Å². The van der Waals surface area contributed by atoms with E-state index in [0.29, 0.717) is 5.69 Å². The first-order valence-corrected chi connectivity index (χ1v) is 4.59. The summed E-state index contributed by atoms with van der Waals surface area (Å²) in [4.78, 5) is 14.8. The van der Waals surface area contributed by atoms with Gasteiger partial charge in [-0.3, -0.25) is 4.98 Å². The third-order valence-corrected chi connectivity index (χ3v) is 2.28. The molecular weight excluding hydrogens is 208 g/mol. The molecular formula is C10H10N4O2. The molecule has 3 N–H and O–H groups in total.